The molecule has 0 saturated carbocycles. The van der Waals surface area contributed by atoms with Gasteiger partial charge in [0.25, 0.3) is 0 Å². The van der Waals surface area contributed by atoms with Crippen LogP contribution in [0.2, 0.25) is 0 Å². The van der Waals surface area contributed by atoms with Crippen molar-refractivity contribution in [3.63, 3.8) is 0 Å². The minimum atomic E-state index is -4.59. The maximum atomic E-state index is 11.8. The van der Waals surface area contributed by atoms with Crippen molar-refractivity contribution >= 4 is 50.8 Å². The zero-order chi connectivity index (χ0) is 17.5. The van der Waals surface area contributed by atoms with E-state index < -0.39 is 31.1 Å². The number of hydrogen-bond acceptors (Lipinski definition) is 4. The molecule has 0 heterocycles. The smallest absolute Gasteiger partial charge is 0.422 e. The van der Waals surface area contributed by atoms with Crippen LogP contribution in [0.25, 0.3) is 0 Å². The number of rotatable bonds is 5. The standard InChI is InChI=1S/C13H12BrF3N2O3S/c14-8-1-3-9(4-2-8)18-12(23)19-10(20)5-6-11(21)22-7-13(15,16)17/h1-4H,5-7H2,(H2,18,19,20,23). The average Bonchev–Trinajstić information content (AvgIpc) is 2.44. The molecule has 0 unspecified atom stereocenters. The monoisotopic (exact) mass is 412 g/mol. The molecule has 10 heteroatoms. The molecule has 2 N–H and O–H groups in total. The first-order valence-electron chi connectivity index (χ1n) is 6.24. The summed E-state index contributed by atoms with van der Waals surface area (Å²) in [7, 11) is 0. The third kappa shape index (κ3) is 9.14. The molecule has 0 radical (unpaired) electrons. The first kappa shape index (κ1) is 19.4. The van der Waals surface area contributed by atoms with Crippen LogP contribution in [-0.2, 0) is 14.3 Å². The first-order chi connectivity index (χ1) is 10.7. The van der Waals surface area contributed by atoms with Gasteiger partial charge in [-0.05, 0) is 36.5 Å². The van der Waals surface area contributed by atoms with Gasteiger partial charge in [0.2, 0.25) is 5.91 Å². The van der Waals surface area contributed by atoms with Crippen molar-refractivity contribution in [2.24, 2.45) is 0 Å². The summed E-state index contributed by atoms with van der Waals surface area (Å²) in [5, 5.41) is 5.07. The summed E-state index contributed by atoms with van der Waals surface area (Å²) in [5.74, 6) is -1.71. The molecule has 0 spiro atoms. The predicted octanol–water partition coefficient (Wildman–Crippen LogP) is 3.15. The summed E-state index contributed by atoms with van der Waals surface area (Å²) >= 11 is 8.17. The van der Waals surface area contributed by atoms with Gasteiger partial charge < -0.3 is 15.4 Å². The lowest BCUT2D eigenvalue weighted by Gasteiger charge is -2.10. The third-order valence-electron chi connectivity index (χ3n) is 2.31. The van der Waals surface area contributed by atoms with E-state index in [1.165, 1.54) is 0 Å². The van der Waals surface area contributed by atoms with E-state index in [2.05, 4.69) is 31.3 Å². The molecule has 1 aromatic rings. The lowest BCUT2D eigenvalue weighted by molar-refractivity contribution is -0.186. The molecule has 5 nitrogen and oxygen atoms in total. The second-order valence-electron chi connectivity index (χ2n) is 4.29. The number of alkyl halides is 3. The van der Waals surface area contributed by atoms with Crippen molar-refractivity contribution in [2.45, 2.75) is 19.0 Å². The number of nitrogens with one attached hydrogen (secondary N) is 2. The van der Waals surface area contributed by atoms with Crippen molar-refractivity contribution in [1.29, 1.82) is 0 Å². The lowest BCUT2D eigenvalue weighted by atomic mass is 10.3. The number of carbonyl (C=O) groups excluding carboxylic acids is 2. The van der Waals surface area contributed by atoms with Gasteiger partial charge in [0.05, 0.1) is 6.42 Å². The highest BCUT2D eigenvalue weighted by molar-refractivity contribution is 9.10. The van der Waals surface area contributed by atoms with Gasteiger partial charge >= 0.3 is 12.1 Å². The minimum Gasteiger partial charge on any atom is -0.456 e. The van der Waals surface area contributed by atoms with E-state index in [1.807, 2.05) is 0 Å². The molecule has 0 aliphatic carbocycles. The van der Waals surface area contributed by atoms with Crippen LogP contribution in [0.3, 0.4) is 0 Å². The number of thiocarbonyl (C=S) groups is 1. The van der Waals surface area contributed by atoms with Crippen LogP contribution in [0.4, 0.5) is 18.9 Å². The summed E-state index contributed by atoms with van der Waals surface area (Å²) < 4.78 is 40.3. The maximum Gasteiger partial charge on any atom is 0.422 e. The largest absolute Gasteiger partial charge is 0.456 e. The highest BCUT2D eigenvalue weighted by atomic mass is 79.9. The van der Waals surface area contributed by atoms with E-state index in [9.17, 15) is 22.8 Å². The number of halogens is 4. The predicted molar refractivity (Wildman–Crippen MR) is 84.8 cm³/mol. The number of ether oxygens (including phenoxy) is 1. The Labute approximate surface area is 143 Å². The Kier molecular flexibility index (Phi) is 7.43. The second kappa shape index (κ2) is 8.82. The Morgan fingerprint density at radius 1 is 1.17 bits per heavy atom. The van der Waals surface area contributed by atoms with E-state index >= 15 is 0 Å². The van der Waals surface area contributed by atoms with Crippen LogP contribution in [0, 0.1) is 0 Å². The minimum absolute atomic E-state index is 0.0148. The van der Waals surface area contributed by atoms with Crippen molar-refractivity contribution in [3.8, 4) is 0 Å². The van der Waals surface area contributed by atoms with E-state index in [0.717, 1.165) is 4.47 Å². The van der Waals surface area contributed by atoms with E-state index in [4.69, 9.17) is 12.2 Å². The molecule has 126 valence electrons. The zero-order valence-electron chi connectivity index (χ0n) is 11.6. The van der Waals surface area contributed by atoms with Gasteiger partial charge in [-0.25, -0.2) is 0 Å². The third-order valence-corrected chi connectivity index (χ3v) is 3.04. The lowest BCUT2D eigenvalue weighted by Crippen LogP contribution is -2.34. The molecule has 0 aliphatic heterocycles. The highest BCUT2D eigenvalue weighted by Gasteiger charge is 2.29. The summed E-state index contributed by atoms with van der Waals surface area (Å²) in [5.41, 5.74) is 0.642. The number of esters is 1. The highest BCUT2D eigenvalue weighted by Crippen LogP contribution is 2.15. The maximum absolute atomic E-state index is 11.8. The SMILES string of the molecule is O=C(CCC(=O)OCC(F)(F)F)NC(=S)Nc1ccc(Br)cc1. The average molecular weight is 413 g/mol. The number of amides is 1. The van der Waals surface area contributed by atoms with Crippen LogP contribution in [0.5, 0.6) is 0 Å². The summed E-state index contributed by atoms with van der Waals surface area (Å²) in [4.78, 5) is 22.6. The van der Waals surface area contributed by atoms with Crippen molar-refractivity contribution in [3.05, 3.63) is 28.7 Å². The Morgan fingerprint density at radius 3 is 2.35 bits per heavy atom. The molecular weight excluding hydrogens is 401 g/mol. The molecule has 1 aromatic carbocycles. The molecule has 0 fully saturated rings. The van der Waals surface area contributed by atoms with Gasteiger partial charge in [-0.15, -0.1) is 0 Å². The van der Waals surface area contributed by atoms with Gasteiger partial charge in [-0.2, -0.15) is 13.2 Å². The fourth-order valence-corrected chi connectivity index (χ4v) is 1.83. The van der Waals surface area contributed by atoms with Crippen LogP contribution >= 0.6 is 28.1 Å². The summed E-state index contributed by atoms with van der Waals surface area (Å²) in [6.07, 6.45) is -5.39. The van der Waals surface area contributed by atoms with Gasteiger partial charge in [-0.1, -0.05) is 15.9 Å². The van der Waals surface area contributed by atoms with Gasteiger partial charge in [-0.3, -0.25) is 9.59 Å². The van der Waals surface area contributed by atoms with Crippen LogP contribution in [0.15, 0.2) is 28.7 Å². The van der Waals surface area contributed by atoms with Crippen molar-refractivity contribution in [1.82, 2.24) is 5.32 Å². The van der Waals surface area contributed by atoms with Crippen LogP contribution in [-0.4, -0.2) is 29.8 Å². The number of hydrogen-bond donors (Lipinski definition) is 2. The van der Waals surface area contributed by atoms with Crippen molar-refractivity contribution in [2.75, 3.05) is 11.9 Å². The van der Waals surface area contributed by atoms with Crippen LogP contribution in [0.1, 0.15) is 12.8 Å². The van der Waals surface area contributed by atoms with Gasteiger partial charge in [0.15, 0.2) is 11.7 Å². The Morgan fingerprint density at radius 2 is 1.78 bits per heavy atom. The Bertz CT molecular complexity index is 579. The quantitative estimate of drug-likeness (QED) is 0.574. The number of carbonyl (C=O) groups is 2. The molecule has 0 atom stereocenters. The fourth-order valence-electron chi connectivity index (χ4n) is 1.33. The van der Waals surface area contributed by atoms with E-state index in [0.29, 0.717) is 5.69 Å². The molecule has 0 saturated heterocycles. The fraction of sp³-hybridized carbons (Fsp3) is 0.308. The topological polar surface area (TPSA) is 67.4 Å². The number of benzene rings is 1. The molecule has 0 aromatic heterocycles. The van der Waals surface area contributed by atoms with Gasteiger partial charge in [0.1, 0.15) is 0 Å². The Hall–Kier alpha value is -1.68. The molecular formula is C13H12BrF3N2O3S. The van der Waals surface area contributed by atoms with Crippen LogP contribution < -0.4 is 10.6 Å². The van der Waals surface area contributed by atoms with Gasteiger partial charge in [0, 0.05) is 16.6 Å². The first-order valence-corrected chi connectivity index (χ1v) is 7.44. The molecule has 1 amide bonds. The van der Waals surface area contributed by atoms with E-state index in [1.54, 1.807) is 24.3 Å². The zero-order valence-corrected chi connectivity index (χ0v) is 14.0. The second-order valence-corrected chi connectivity index (χ2v) is 5.61. The summed E-state index contributed by atoms with van der Waals surface area (Å²) in [6, 6.07) is 6.97. The van der Waals surface area contributed by atoms with E-state index in [-0.39, 0.29) is 11.5 Å². The Balaban J connectivity index is 2.29. The normalized spacial score (nSPS) is 10.8. The molecule has 0 bridgehead atoms. The summed E-state index contributed by atoms with van der Waals surface area (Å²) in [6.45, 7) is -1.67. The molecule has 1 rings (SSSR count). The molecule has 0 aliphatic rings. The number of anilines is 1. The van der Waals surface area contributed by atoms with Crippen molar-refractivity contribution < 1.29 is 27.5 Å². The molecule has 23 heavy (non-hydrogen) atoms.